The molecule has 0 bridgehead atoms. The summed E-state index contributed by atoms with van der Waals surface area (Å²) in [5.74, 6) is -2.67. The van der Waals surface area contributed by atoms with E-state index in [1.807, 2.05) is 13.8 Å². The molecule has 2 heterocycles. The zero-order valence-electron chi connectivity index (χ0n) is 15.5. The fraction of sp³-hybridized carbons (Fsp3) is 0.0952. The summed E-state index contributed by atoms with van der Waals surface area (Å²) in [6.45, 7) is 4.00. The fourth-order valence-electron chi connectivity index (χ4n) is 2.62. The van der Waals surface area contributed by atoms with Crippen molar-refractivity contribution in [2.24, 2.45) is 0 Å². The minimum absolute atomic E-state index is 0.144. The van der Waals surface area contributed by atoms with Crippen molar-refractivity contribution in [1.29, 1.82) is 0 Å². The lowest BCUT2D eigenvalue weighted by molar-refractivity contribution is 0.101. The number of nitrogens with one attached hydrogen (secondary N) is 1. The van der Waals surface area contributed by atoms with E-state index in [0.29, 0.717) is 27.2 Å². The molecule has 148 valence electrons. The van der Waals surface area contributed by atoms with Gasteiger partial charge in [0.2, 0.25) is 0 Å². The van der Waals surface area contributed by atoms with Gasteiger partial charge in [0.25, 0.3) is 5.91 Å². The van der Waals surface area contributed by atoms with Crippen molar-refractivity contribution in [3.05, 3.63) is 77.3 Å². The third-order valence-corrected chi connectivity index (χ3v) is 4.24. The predicted octanol–water partition coefficient (Wildman–Crippen LogP) is 6.10. The summed E-state index contributed by atoms with van der Waals surface area (Å²) in [5, 5.41) is 2.82. The molecule has 29 heavy (non-hydrogen) atoms. The summed E-state index contributed by atoms with van der Waals surface area (Å²) < 4.78 is 32.6. The Labute approximate surface area is 170 Å². The zero-order chi connectivity index (χ0) is 21.0. The molecule has 8 heteroatoms. The number of oxazole rings is 1. The van der Waals surface area contributed by atoms with Crippen LogP contribution in [0.3, 0.4) is 0 Å². The third kappa shape index (κ3) is 4.25. The van der Waals surface area contributed by atoms with Gasteiger partial charge in [-0.25, -0.2) is 18.7 Å². The molecule has 0 unspecified atom stereocenters. The highest BCUT2D eigenvalue weighted by Crippen LogP contribution is 2.31. The monoisotopic (exact) mass is 415 g/mol. The van der Waals surface area contributed by atoms with Crippen LogP contribution in [0.15, 0.2) is 59.5 Å². The van der Waals surface area contributed by atoms with Crippen LogP contribution in [-0.2, 0) is 0 Å². The first-order valence-corrected chi connectivity index (χ1v) is 9.15. The maximum atomic E-state index is 13.7. The molecule has 4 rings (SSSR count). The van der Waals surface area contributed by atoms with Crippen LogP contribution in [0.25, 0.3) is 22.2 Å². The molecule has 0 spiro atoms. The van der Waals surface area contributed by atoms with Gasteiger partial charge in [-0.2, -0.15) is 0 Å². The van der Waals surface area contributed by atoms with Gasteiger partial charge in [-0.15, -0.1) is 0 Å². The number of amides is 1. The van der Waals surface area contributed by atoms with Gasteiger partial charge in [-0.05, 0) is 30.3 Å². The van der Waals surface area contributed by atoms with Gasteiger partial charge in [0.05, 0.1) is 5.02 Å². The number of benzene rings is 2. The minimum atomic E-state index is -0.947. The minimum Gasteiger partial charge on any atom is -0.443 e. The molecule has 1 N–H and O–H groups in total. The molecule has 0 atom stereocenters. The third-order valence-electron chi connectivity index (χ3n) is 3.93. The summed E-state index contributed by atoms with van der Waals surface area (Å²) >= 11 is 6.27. The molecule has 4 aromatic rings. The number of hydrogen-bond acceptors (Lipinski definition) is 4. The molecule has 0 aliphatic heterocycles. The van der Waals surface area contributed by atoms with E-state index in [1.54, 1.807) is 18.2 Å². The second kappa shape index (κ2) is 8.79. The Morgan fingerprint density at radius 3 is 2.45 bits per heavy atom. The molecular weight excluding hydrogens is 400 g/mol. The van der Waals surface area contributed by atoms with Gasteiger partial charge in [-0.1, -0.05) is 31.5 Å². The van der Waals surface area contributed by atoms with E-state index >= 15 is 0 Å². The van der Waals surface area contributed by atoms with Gasteiger partial charge < -0.3 is 9.73 Å². The van der Waals surface area contributed by atoms with Gasteiger partial charge in [0, 0.05) is 23.4 Å². The van der Waals surface area contributed by atoms with Crippen LogP contribution < -0.4 is 5.32 Å². The zero-order valence-corrected chi connectivity index (χ0v) is 16.3. The fourth-order valence-corrected chi connectivity index (χ4v) is 2.88. The Balaban J connectivity index is 0.00000117. The molecule has 0 aliphatic carbocycles. The first-order valence-electron chi connectivity index (χ1n) is 8.77. The molecule has 0 saturated carbocycles. The first kappa shape index (κ1) is 20.4. The van der Waals surface area contributed by atoms with Crippen LogP contribution in [0, 0.1) is 11.6 Å². The highest BCUT2D eigenvalue weighted by molar-refractivity contribution is 6.34. The molecule has 2 aromatic heterocycles. The normalized spacial score (nSPS) is 10.4. The number of hydrogen-bond donors (Lipinski definition) is 1. The largest absolute Gasteiger partial charge is 0.443 e. The smallest absolute Gasteiger partial charge is 0.262 e. The second-order valence-corrected chi connectivity index (χ2v) is 6.04. The number of anilines is 1. The number of rotatable bonds is 3. The van der Waals surface area contributed by atoms with Gasteiger partial charge in [0.15, 0.2) is 12.0 Å². The van der Waals surface area contributed by atoms with E-state index in [4.69, 9.17) is 16.0 Å². The molecule has 2 aromatic carbocycles. The summed E-state index contributed by atoms with van der Waals surface area (Å²) in [6, 6.07) is 9.79. The van der Waals surface area contributed by atoms with E-state index in [1.165, 1.54) is 24.7 Å². The number of fused-ring (bicyclic) bond motifs is 1. The number of pyridine rings is 1. The van der Waals surface area contributed by atoms with Gasteiger partial charge in [-0.3, -0.25) is 4.79 Å². The van der Waals surface area contributed by atoms with E-state index in [0.717, 1.165) is 12.1 Å². The topological polar surface area (TPSA) is 68.0 Å². The number of carbonyl (C=O) groups excluding carboxylic acids is 1. The van der Waals surface area contributed by atoms with Crippen molar-refractivity contribution in [2.75, 3.05) is 5.32 Å². The van der Waals surface area contributed by atoms with E-state index in [9.17, 15) is 13.6 Å². The maximum absolute atomic E-state index is 13.7. The number of carbonyl (C=O) groups is 1. The summed E-state index contributed by atoms with van der Waals surface area (Å²) in [4.78, 5) is 20.3. The molecule has 0 radical (unpaired) electrons. The Bertz CT molecular complexity index is 1140. The van der Waals surface area contributed by atoms with Crippen LogP contribution in [0.1, 0.15) is 24.2 Å². The standard InChI is InChI=1S/C19H10ClF2N3O2.C2H6/c20-12-7-16-15(24-9-27-16)6-11(12)10-4-5-17(23-8-10)25-19(26)18-13(21)2-1-3-14(18)22;1-2/h1-9H,(H,23,25,26);1-2H3. The highest BCUT2D eigenvalue weighted by atomic mass is 35.5. The molecule has 0 fully saturated rings. The van der Waals surface area contributed by atoms with Crippen molar-refractivity contribution in [3.63, 3.8) is 0 Å². The van der Waals surface area contributed by atoms with Crippen molar-refractivity contribution < 1.29 is 18.0 Å². The van der Waals surface area contributed by atoms with Gasteiger partial charge in [0.1, 0.15) is 28.5 Å². The van der Waals surface area contributed by atoms with Crippen LogP contribution >= 0.6 is 11.6 Å². The Morgan fingerprint density at radius 1 is 1.07 bits per heavy atom. The summed E-state index contributed by atoms with van der Waals surface area (Å²) in [7, 11) is 0. The molecule has 5 nitrogen and oxygen atoms in total. The molecule has 0 aliphatic rings. The lowest BCUT2D eigenvalue weighted by atomic mass is 10.1. The van der Waals surface area contributed by atoms with Crippen LogP contribution in [0.4, 0.5) is 14.6 Å². The van der Waals surface area contributed by atoms with Crippen molar-refractivity contribution in [2.45, 2.75) is 13.8 Å². The van der Waals surface area contributed by atoms with Crippen LogP contribution in [0.5, 0.6) is 0 Å². The van der Waals surface area contributed by atoms with Crippen molar-refractivity contribution in [1.82, 2.24) is 9.97 Å². The number of halogens is 3. The predicted molar refractivity (Wildman–Crippen MR) is 108 cm³/mol. The lowest BCUT2D eigenvalue weighted by Gasteiger charge is -2.08. The average Bonchev–Trinajstić information content (AvgIpc) is 3.16. The summed E-state index contributed by atoms with van der Waals surface area (Å²) in [5.41, 5.74) is 1.90. The maximum Gasteiger partial charge on any atom is 0.262 e. The van der Waals surface area contributed by atoms with E-state index < -0.39 is 23.1 Å². The number of aromatic nitrogens is 2. The SMILES string of the molecule is CC.O=C(Nc1ccc(-c2cc3ncoc3cc2Cl)cn1)c1c(F)cccc1F. The van der Waals surface area contributed by atoms with Crippen LogP contribution in [0.2, 0.25) is 5.02 Å². The average molecular weight is 416 g/mol. The second-order valence-electron chi connectivity index (χ2n) is 5.64. The van der Waals surface area contributed by atoms with Gasteiger partial charge >= 0.3 is 0 Å². The Morgan fingerprint density at radius 2 is 1.79 bits per heavy atom. The lowest BCUT2D eigenvalue weighted by Crippen LogP contribution is -2.16. The van der Waals surface area contributed by atoms with Crippen molar-refractivity contribution >= 4 is 34.4 Å². The summed E-state index contributed by atoms with van der Waals surface area (Å²) in [6.07, 6.45) is 2.81. The number of nitrogens with zero attached hydrogens (tertiary/aromatic N) is 2. The quantitative estimate of drug-likeness (QED) is 0.439. The van der Waals surface area contributed by atoms with E-state index in [-0.39, 0.29) is 5.82 Å². The van der Waals surface area contributed by atoms with Crippen LogP contribution in [-0.4, -0.2) is 15.9 Å². The molecule has 1 amide bonds. The Kier molecular flexibility index (Phi) is 6.19. The van der Waals surface area contributed by atoms with Crippen molar-refractivity contribution in [3.8, 4) is 11.1 Å². The highest BCUT2D eigenvalue weighted by Gasteiger charge is 2.17. The molecular formula is C21H16ClF2N3O2. The first-order chi connectivity index (χ1) is 14.0. The molecule has 0 saturated heterocycles. The Hall–Kier alpha value is -3.32. The van der Waals surface area contributed by atoms with E-state index in [2.05, 4.69) is 15.3 Å².